The first-order valence-electron chi connectivity index (χ1n) is 7.84. The summed E-state index contributed by atoms with van der Waals surface area (Å²) in [4.78, 5) is 17.3. The lowest BCUT2D eigenvalue weighted by Gasteiger charge is -2.28. The number of amides is 1. The number of carbonyl (C=O) groups excluding carboxylic acids is 1. The minimum Gasteiger partial charge on any atom is -0.388 e. The van der Waals surface area contributed by atoms with Crippen molar-refractivity contribution >= 4 is 18.1 Å². The molecule has 1 heterocycles. The van der Waals surface area contributed by atoms with E-state index in [9.17, 15) is 9.90 Å². The van der Waals surface area contributed by atoms with Crippen molar-refractivity contribution in [1.29, 1.82) is 0 Å². The van der Waals surface area contributed by atoms with Crippen molar-refractivity contribution in [2.24, 2.45) is 0 Å². The van der Waals surface area contributed by atoms with Gasteiger partial charge in [0.05, 0.1) is 5.60 Å². The molecule has 0 unspecified atom stereocenters. The molecule has 1 aromatic heterocycles. The lowest BCUT2D eigenvalue weighted by molar-refractivity contribution is 0.0154. The number of nitrogens with one attached hydrogen (secondary N) is 1. The van der Waals surface area contributed by atoms with E-state index < -0.39 is 5.60 Å². The fourth-order valence-corrected chi connectivity index (χ4v) is 3.52. The second kappa shape index (κ2) is 6.29. The van der Waals surface area contributed by atoms with E-state index in [0.29, 0.717) is 17.0 Å². The predicted molar refractivity (Wildman–Crippen MR) is 91.3 cm³/mol. The zero-order valence-corrected chi connectivity index (χ0v) is 14.0. The average Bonchev–Trinajstić information content (AvgIpc) is 3.13. The molecule has 2 aromatic rings. The summed E-state index contributed by atoms with van der Waals surface area (Å²) < 4.78 is 2.21. The molecular weight excluding hydrogens is 310 g/mol. The molecule has 1 aromatic carbocycles. The van der Waals surface area contributed by atoms with E-state index >= 15 is 0 Å². The second-order valence-electron chi connectivity index (χ2n) is 6.24. The van der Waals surface area contributed by atoms with Gasteiger partial charge in [0, 0.05) is 25.5 Å². The van der Waals surface area contributed by atoms with Gasteiger partial charge in [-0.25, -0.2) is 0 Å². The second-order valence-corrected chi connectivity index (χ2v) is 6.63. The molecule has 1 saturated carbocycles. The van der Waals surface area contributed by atoms with Crippen molar-refractivity contribution in [2.75, 3.05) is 13.6 Å². The number of likely N-dealkylation sites (N-methyl/N-ethyl adjacent to an activating group) is 1. The van der Waals surface area contributed by atoms with Gasteiger partial charge in [0.1, 0.15) is 5.69 Å². The lowest BCUT2D eigenvalue weighted by atomic mass is 10.0. The van der Waals surface area contributed by atoms with Gasteiger partial charge in [-0.05, 0) is 37.2 Å². The maximum Gasteiger partial charge on any atom is 0.272 e. The molecule has 0 radical (unpaired) electrons. The highest BCUT2D eigenvalue weighted by Crippen LogP contribution is 2.30. The molecule has 3 rings (SSSR count). The van der Waals surface area contributed by atoms with E-state index in [1.807, 2.05) is 30.3 Å². The van der Waals surface area contributed by atoms with Gasteiger partial charge >= 0.3 is 0 Å². The number of carbonyl (C=O) groups is 1. The molecule has 23 heavy (non-hydrogen) atoms. The van der Waals surface area contributed by atoms with E-state index in [0.717, 1.165) is 31.4 Å². The highest BCUT2D eigenvalue weighted by Gasteiger charge is 2.34. The molecule has 0 aliphatic heterocycles. The van der Waals surface area contributed by atoms with Gasteiger partial charge in [0.15, 0.2) is 4.77 Å². The molecule has 5 nitrogen and oxygen atoms in total. The van der Waals surface area contributed by atoms with E-state index in [2.05, 4.69) is 4.98 Å². The zero-order valence-electron chi connectivity index (χ0n) is 13.2. The average molecular weight is 331 g/mol. The molecule has 0 bridgehead atoms. The van der Waals surface area contributed by atoms with Crippen LogP contribution in [0.1, 0.15) is 36.2 Å². The minimum atomic E-state index is -0.755. The van der Waals surface area contributed by atoms with Crippen LogP contribution in [0.2, 0.25) is 0 Å². The van der Waals surface area contributed by atoms with E-state index in [1.54, 1.807) is 22.7 Å². The summed E-state index contributed by atoms with van der Waals surface area (Å²) >= 11 is 5.31. The van der Waals surface area contributed by atoms with Crippen LogP contribution in [0.4, 0.5) is 0 Å². The van der Waals surface area contributed by atoms with Crippen molar-refractivity contribution in [3.05, 3.63) is 47.0 Å². The van der Waals surface area contributed by atoms with Crippen molar-refractivity contribution in [1.82, 2.24) is 14.5 Å². The van der Waals surface area contributed by atoms with Gasteiger partial charge in [-0.2, -0.15) is 0 Å². The molecule has 0 spiro atoms. The molecular formula is C17H21N3O2S. The Morgan fingerprint density at radius 3 is 2.65 bits per heavy atom. The molecule has 1 amide bonds. The number of hydrogen-bond acceptors (Lipinski definition) is 3. The summed E-state index contributed by atoms with van der Waals surface area (Å²) in [5, 5.41) is 10.5. The third-order valence-electron chi connectivity index (χ3n) is 4.42. The van der Waals surface area contributed by atoms with Crippen LogP contribution in [0.25, 0.3) is 5.69 Å². The Morgan fingerprint density at radius 1 is 1.35 bits per heavy atom. The van der Waals surface area contributed by atoms with Crippen LogP contribution < -0.4 is 0 Å². The topological polar surface area (TPSA) is 61.3 Å². The van der Waals surface area contributed by atoms with E-state index in [4.69, 9.17) is 12.2 Å². The number of benzene rings is 1. The molecule has 1 fully saturated rings. The highest BCUT2D eigenvalue weighted by molar-refractivity contribution is 7.71. The predicted octanol–water partition coefficient (Wildman–Crippen LogP) is 2.91. The summed E-state index contributed by atoms with van der Waals surface area (Å²) in [6.45, 7) is 0.346. The Bertz CT molecular complexity index is 745. The molecule has 6 heteroatoms. The Kier molecular flexibility index (Phi) is 4.37. The fourth-order valence-electron chi connectivity index (χ4n) is 3.26. The molecule has 0 saturated heterocycles. The Morgan fingerprint density at radius 2 is 2.00 bits per heavy atom. The number of aromatic nitrogens is 2. The molecule has 0 atom stereocenters. The number of aliphatic hydroxyl groups is 1. The fraction of sp³-hybridized carbons (Fsp3) is 0.412. The SMILES string of the molecule is CN(CC1(O)CCCC1)C(=O)c1c[nH]c(=S)n1-c1ccccc1. The third-order valence-corrected chi connectivity index (χ3v) is 4.72. The van der Waals surface area contributed by atoms with Crippen LogP contribution in [0.5, 0.6) is 0 Å². The molecule has 1 aliphatic carbocycles. The van der Waals surface area contributed by atoms with Crippen LogP contribution in [0.15, 0.2) is 36.5 Å². The number of H-pyrrole nitrogens is 1. The smallest absolute Gasteiger partial charge is 0.272 e. The first-order valence-corrected chi connectivity index (χ1v) is 8.25. The molecule has 2 N–H and O–H groups in total. The third kappa shape index (κ3) is 3.23. The van der Waals surface area contributed by atoms with Crippen molar-refractivity contribution in [3.63, 3.8) is 0 Å². The van der Waals surface area contributed by atoms with Gasteiger partial charge in [0.2, 0.25) is 0 Å². The van der Waals surface area contributed by atoms with Gasteiger partial charge in [-0.1, -0.05) is 31.0 Å². The number of aromatic amines is 1. The highest BCUT2D eigenvalue weighted by atomic mass is 32.1. The van der Waals surface area contributed by atoms with Gasteiger partial charge in [-0.15, -0.1) is 0 Å². The maximum atomic E-state index is 12.8. The van der Waals surface area contributed by atoms with Crippen LogP contribution in [-0.2, 0) is 0 Å². The summed E-state index contributed by atoms with van der Waals surface area (Å²) in [5.74, 6) is -0.151. The lowest BCUT2D eigenvalue weighted by Crippen LogP contribution is -2.42. The van der Waals surface area contributed by atoms with Crippen LogP contribution in [0, 0.1) is 4.77 Å². The minimum absolute atomic E-state index is 0.151. The largest absolute Gasteiger partial charge is 0.388 e. The standard InChI is InChI=1S/C17H21N3O2S/c1-19(12-17(22)9-5-6-10-17)15(21)14-11-18-16(23)20(14)13-7-3-2-4-8-13/h2-4,7-8,11,22H,5-6,9-10,12H2,1H3,(H,18,23). The molecule has 122 valence electrons. The van der Waals surface area contributed by atoms with E-state index in [-0.39, 0.29) is 5.91 Å². The van der Waals surface area contributed by atoms with E-state index in [1.165, 1.54) is 0 Å². The monoisotopic (exact) mass is 331 g/mol. The van der Waals surface area contributed by atoms with Gasteiger partial charge < -0.3 is 15.0 Å². The summed E-state index contributed by atoms with van der Waals surface area (Å²) in [5.41, 5.74) is 0.565. The quantitative estimate of drug-likeness (QED) is 0.847. The van der Waals surface area contributed by atoms with Crippen molar-refractivity contribution in [2.45, 2.75) is 31.3 Å². The number of imidazole rings is 1. The normalized spacial score (nSPS) is 16.4. The molecule has 1 aliphatic rings. The Hall–Kier alpha value is -1.92. The first kappa shape index (κ1) is 16.0. The van der Waals surface area contributed by atoms with Gasteiger partial charge in [0.25, 0.3) is 5.91 Å². The first-order chi connectivity index (χ1) is 11.0. The van der Waals surface area contributed by atoms with Crippen LogP contribution >= 0.6 is 12.2 Å². The number of nitrogens with zero attached hydrogens (tertiary/aromatic N) is 2. The van der Waals surface area contributed by atoms with Gasteiger partial charge in [-0.3, -0.25) is 9.36 Å². The Labute approximate surface area is 140 Å². The van der Waals surface area contributed by atoms with Crippen molar-refractivity contribution in [3.8, 4) is 5.69 Å². The number of para-hydroxylation sites is 1. The number of hydrogen-bond donors (Lipinski definition) is 2. The maximum absolute atomic E-state index is 12.8. The summed E-state index contributed by atoms with van der Waals surface area (Å²) in [6.07, 6.45) is 5.17. The number of rotatable bonds is 4. The summed E-state index contributed by atoms with van der Waals surface area (Å²) in [6, 6.07) is 9.55. The zero-order chi connectivity index (χ0) is 16.4. The van der Waals surface area contributed by atoms with Crippen LogP contribution in [-0.4, -0.2) is 44.7 Å². The van der Waals surface area contributed by atoms with Crippen molar-refractivity contribution < 1.29 is 9.90 Å². The van der Waals surface area contributed by atoms with Crippen LogP contribution in [0.3, 0.4) is 0 Å². The Balaban J connectivity index is 1.87. The summed E-state index contributed by atoms with van der Waals surface area (Å²) in [7, 11) is 1.73.